The van der Waals surface area contributed by atoms with E-state index in [0.717, 1.165) is 12.5 Å². The average molecular weight is 210 g/mol. The monoisotopic (exact) mass is 210 g/mol. The SMILES string of the molecule is O=C(Nc1cnoc1)OCC(F)(F)F. The molecule has 0 saturated carbocycles. The van der Waals surface area contributed by atoms with Crippen molar-refractivity contribution >= 4 is 11.8 Å². The van der Waals surface area contributed by atoms with Crippen LogP contribution in [0.2, 0.25) is 0 Å². The molecule has 0 aliphatic carbocycles. The number of anilines is 1. The Morgan fingerprint density at radius 3 is 2.86 bits per heavy atom. The van der Waals surface area contributed by atoms with Crippen molar-refractivity contribution in [3.8, 4) is 0 Å². The first kappa shape index (κ1) is 10.4. The molecule has 1 aromatic rings. The Hall–Kier alpha value is -1.73. The minimum atomic E-state index is -4.54. The Labute approximate surface area is 75.8 Å². The number of carbonyl (C=O) groups excluding carboxylic acids is 1. The van der Waals surface area contributed by atoms with Gasteiger partial charge in [-0.2, -0.15) is 13.2 Å². The Bertz CT molecular complexity index is 296. The van der Waals surface area contributed by atoms with Crippen LogP contribution in [-0.2, 0) is 4.74 Å². The topological polar surface area (TPSA) is 64.4 Å². The molecule has 14 heavy (non-hydrogen) atoms. The lowest BCUT2D eigenvalue weighted by molar-refractivity contribution is -0.159. The lowest BCUT2D eigenvalue weighted by Crippen LogP contribution is -2.23. The highest BCUT2D eigenvalue weighted by atomic mass is 19.4. The van der Waals surface area contributed by atoms with Crippen LogP contribution in [0.3, 0.4) is 0 Å². The van der Waals surface area contributed by atoms with Crippen molar-refractivity contribution in [2.75, 3.05) is 11.9 Å². The minimum absolute atomic E-state index is 0.122. The zero-order chi connectivity index (χ0) is 10.6. The molecule has 1 aromatic heterocycles. The summed E-state index contributed by atoms with van der Waals surface area (Å²) in [7, 11) is 0. The molecule has 0 aliphatic heterocycles. The van der Waals surface area contributed by atoms with Crippen LogP contribution in [0, 0.1) is 0 Å². The van der Waals surface area contributed by atoms with E-state index in [0.29, 0.717) is 0 Å². The summed E-state index contributed by atoms with van der Waals surface area (Å²) in [4.78, 5) is 10.7. The molecule has 1 N–H and O–H groups in total. The predicted molar refractivity (Wildman–Crippen MR) is 37.5 cm³/mol. The maximum absolute atomic E-state index is 11.6. The standard InChI is InChI=1S/C6H5F3N2O3/c7-6(8,9)3-13-5(12)11-4-1-10-14-2-4/h1-2H,3H2,(H,11,12). The smallest absolute Gasteiger partial charge is 0.422 e. The molecule has 0 radical (unpaired) electrons. The molecule has 78 valence electrons. The zero-order valence-corrected chi connectivity index (χ0v) is 6.67. The first-order valence-electron chi connectivity index (χ1n) is 3.37. The number of amides is 1. The van der Waals surface area contributed by atoms with Gasteiger partial charge in [0, 0.05) is 0 Å². The number of alkyl halides is 3. The molecule has 0 spiro atoms. The Kier molecular flexibility index (Phi) is 2.95. The van der Waals surface area contributed by atoms with E-state index in [4.69, 9.17) is 0 Å². The van der Waals surface area contributed by atoms with E-state index in [1.807, 2.05) is 5.32 Å². The molecule has 0 aromatic carbocycles. The summed E-state index contributed by atoms with van der Waals surface area (Å²) in [6.07, 6.45) is -3.58. The minimum Gasteiger partial charge on any atom is -0.440 e. The molecule has 0 unspecified atom stereocenters. The number of rotatable bonds is 2. The van der Waals surface area contributed by atoms with Crippen molar-refractivity contribution in [2.24, 2.45) is 0 Å². The summed E-state index contributed by atoms with van der Waals surface area (Å²) >= 11 is 0. The quantitative estimate of drug-likeness (QED) is 0.807. The zero-order valence-electron chi connectivity index (χ0n) is 6.67. The first-order chi connectivity index (χ1) is 6.47. The average Bonchev–Trinajstić information content (AvgIpc) is 2.52. The number of ether oxygens (including phenoxy) is 1. The highest BCUT2D eigenvalue weighted by Gasteiger charge is 2.29. The van der Waals surface area contributed by atoms with Gasteiger partial charge in [0.1, 0.15) is 12.0 Å². The van der Waals surface area contributed by atoms with Crippen molar-refractivity contribution in [2.45, 2.75) is 6.18 Å². The van der Waals surface area contributed by atoms with E-state index >= 15 is 0 Å². The van der Waals surface area contributed by atoms with Crippen LogP contribution in [-0.4, -0.2) is 24.0 Å². The molecule has 0 aliphatic rings. The van der Waals surface area contributed by atoms with E-state index in [-0.39, 0.29) is 5.69 Å². The highest BCUT2D eigenvalue weighted by molar-refractivity contribution is 5.83. The van der Waals surface area contributed by atoms with E-state index in [1.165, 1.54) is 0 Å². The van der Waals surface area contributed by atoms with Gasteiger partial charge in [-0.25, -0.2) is 4.79 Å². The van der Waals surface area contributed by atoms with Crippen molar-refractivity contribution < 1.29 is 27.2 Å². The second-order valence-electron chi connectivity index (χ2n) is 2.23. The first-order valence-corrected chi connectivity index (χ1v) is 3.37. The van der Waals surface area contributed by atoms with Crippen molar-refractivity contribution in [1.82, 2.24) is 5.16 Å². The maximum Gasteiger partial charge on any atom is 0.422 e. The van der Waals surface area contributed by atoms with Gasteiger partial charge in [-0.15, -0.1) is 0 Å². The summed E-state index contributed by atoms with van der Waals surface area (Å²) in [5.74, 6) is 0. The number of carbonyl (C=O) groups is 1. The van der Waals surface area contributed by atoms with Crippen LogP contribution in [0.4, 0.5) is 23.7 Å². The Balaban J connectivity index is 2.30. The number of hydrogen-bond acceptors (Lipinski definition) is 4. The van der Waals surface area contributed by atoms with E-state index in [1.54, 1.807) is 0 Å². The van der Waals surface area contributed by atoms with Gasteiger partial charge in [-0.1, -0.05) is 5.16 Å². The number of nitrogens with one attached hydrogen (secondary N) is 1. The van der Waals surface area contributed by atoms with Gasteiger partial charge in [0.2, 0.25) is 0 Å². The second kappa shape index (κ2) is 3.99. The highest BCUT2D eigenvalue weighted by Crippen LogP contribution is 2.15. The summed E-state index contributed by atoms with van der Waals surface area (Å²) in [5, 5.41) is 5.19. The largest absolute Gasteiger partial charge is 0.440 e. The number of nitrogens with zero attached hydrogens (tertiary/aromatic N) is 1. The molecule has 1 amide bonds. The van der Waals surface area contributed by atoms with E-state index in [9.17, 15) is 18.0 Å². The summed E-state index contributed by atoms with van der Waals surface area (Å²) in [6, 6.07) is 0. The molecular formula is C6H5F3N2O3. The number of hydrogen-bond donors (Lipinski definition) is 1. The van der Waals surface area contributed by atoms with E-state index < -0.39 is 18.9 Å². The van der Waals surface area contributed by atoms with Gasteiger partial charge in [0.05, 0.1) is 6.20 Å². The molecule has 0 atom stereocenters. The summed E-state index contributed by atoms with van der Waals surface area (Å²) in [5.41, 5.74) is 0.122. The summed E-state index contributed by atoms with van der Waals surface area (Å²) in [6.45, 7) is -1.63. The Morgan fingerprint density at radius 2 is 2.36 bits per heavy atom. The predicted octanol–water partition coefficient (Wildman–Crippen LogP) is 1.79. The van der Waals surface area contributed by atoms with Crippen LogP contribution < -0.4 is 5.32 Å². The number of aromatic nitrogens is 1. The van der Waals surface area contributed by atoms with Crippen LogP contribution in [0.15, 0.2) is 17.0 Å². The lowest BCUT2D eigenvalue weighted by Gasteiger charge is -2.07. The second-order valence-corrected chi connectivity index (χ2v) is 2.23. The third-order valence-corrected chi connectivity index (χ3v) is 1.05. The fourth-order valence-electron chi connectivity index (χ4n) is 0.568. The third-order valence-electron chi connectivity index (χ3n) is 1.05. The summed E-state index contributed by atoms with van der Waals surface area (Å²) < 4.78 is 42.8. The molecular weight excluding hydrogens is 205 g/mol. The van der Waals surface area contributed by atoms with Gasteiger partial charge in [-0.3, -0.25) is 5.32 Å². The normalized spacial score (nSPS) is 11.1. The van der Waals surface area contributed by atoms with Gasteiger partial charge < -0.3 is 9.26 Å². The van der Waals surface area contributed by atoms with Gasteiger partial charge in [-0.05, 0) is 0 Å². The third kappa shape index (κ3) is 3.78. The van der Waals surface area contributed by atoms with Gasteiger partial charge >= 0.3 is 12.3 Å². The van der Waals surface area contributed by atoms with Crippen LogP contribution >= 0.6 is 0 Å². The molecule has 5 nitrogen and oxygen atoms in total. The fourth-order valence-corrected chi connectivity index (χ4v) is 0.568. The molecule has 0 saturated heterocycles. The molecule has 0 fully saturated rings. The lowest BCUT2D eigenvalue weighted by atomic mass is 10.6. The Morgan fingerprint density at radius 1 is 1.64 bits per heavy atom. The van der Waals surface area contributed by atoms with Crippen LogP contribution in [0.25, 0.3) is 0 Å². The van der Waals surface area contributed by atoms with E-state index in [2.05, 4.69) is 14.4 Å². The maximum atomic E-state index is 11.6. The van der Waals surface area contributed by atoms with Crippen molar-refractivity contribution in [1.29, 1.82) is 0 Å². The fraction of sp³-hybridized carbons (Fsp3) is 0.333. The molecule has 1 heterocycles. The van der Waals surface area contributed by atoms with Crippen LogP contribution in [0.5, 0.6) is 0 Å². The van der Waals surface area contributed by atoms with Gasteiger partial charge in [0.25, 0.3) is 0 Å². The number of halogens is 3. The molecule has 1 rings (SSSR count). The molecule has 8 heteroatoms. The van der Waals surface area contributed by atoms with Gasteiger partial charge in [0.15, 0.2) is 6.61 Å². The molecule has 0 bridgehead atoms. The van der Waals surface area contributed by atoms with Crippen LogP contribution in [0.1, 0.15) is 0 Å². The van der Waals surface area contributed by atoms with Crippen molar-refractivity contribution in [3.05, 3.63) is 12.5 Å². The van der Waals surface area contributed by atoms with Crippen molar-refractivity contribution in [3.63, 3.8) is 0 Å².